The summed E-state index contributed by atoms with van der Waals surface area (Å²) in [6.45, 7) is 0.328. The van der Waals surface area contributed by atoms with Gasteiger partial charge < -0.3 is 11.1 Å². The number of H-pyrrole nitrogens is 1. The number of aromatic amines is 1. The molecule has 7 heteroatoms. The fourth-order valence-electron chi connectivity index (χ4n) is 3.14. The minimum absolute atomic E-state index is 0.195. The van der Waals surface area contributed by atoms with Gasteiger partial charge in [0, 0.05) is 11.3 Å². The van der Waals surface area contributed by atoms with Crippen LogP contribution in [0.25, 0.3) is 0 Å². The Kier molecular flexibility index (Phi) is 4.99. The lowest BCUT2D eigenvalue weighted by Gasteiger charge is -2.18. The lowest BCUT2D eigenvalue weighted by Crippen LogP contribution is -2.35. The number of nitrogens with zero attached hydrogens (tertiary/aromatic N) is 1. The molecule has 6 nitrogen and oxygen atoms in total. The summed E-state index contributed by atoms with van der Waals surface area (Å²) in [7, 11) is 0. The molecule has 2 unspecified atom stereocenters. The van der Waals surface area contributed by atoms with E-state index in [1.165, 1.54) is 4.57 Å². The first-order chi connectivity index (χ1) is 11.6. The zero-order valence-corrected chi connectivity index (χ0v) is 14.4. The van der Waals surface area contributed by atoms with E-state index in [0.29, 0.717) is 17.5 Å². The third-order valence-corrected chi connectivity index (χ3v) is 5.58. The van der Waals surface area contributed by atoms with Gasteiger partial charge in [-0.3, -0.25) is 14.3 Å². The summed E-state index contributed by atoms with van der Waals surface area (Å²) >= 11 is 1.85. The van der Waals surface area contributed by atoms with Gasteiger partial charge >= 0.3 is 5.69 Å². The summed E-state index contributed by atoms with van der Waals surface area (Å²) in [6.07, 6.45) is 5.23. The molecule has 1 aliphatic carbocycles. The van der Waals surface area contributed by atoms with Crippen molar-refractivity contribution < 1.29 is 0 Å². The van der Waals surface area contributed by atoms with E-state index >= 15 is 0 Å². The van der Waals surface area contributed by atoms with Crippen molar-refractivity contribution in [3.05, 3.63) is 56.7 Å². The van der Waals surface area contributed by atoms with Crippen molar-refractivity contribution in [2.24, 2.45) is 0 Å². The Balaban J connectivity index is 1.88. The molecule has 3 rings (SSSR count). The maximum atomic E-state index is 12.2. The van der Waals surface area contributed by atoms with Gasteiger partial charge in [0.05, 0.1) is 6.54 Å². The SMILES string of the molecule is CSC1CCC(Nc2c(N)n(Cc3ccccc3)c(=O)[nH]c2=O)C1. The molecule has 0 saturated heterocycles. The highest BCUT2D eigenvalue weighted by Gasteiger charge is 2.25. The summed E-state index contributed by atoms with van der Waals surface area (Å²) in [5.41, 5.74) is 6.47. The largest absolute Gasteiger partial charge is 0.383 e. The van der Waals surface area contributed by atoms with Gasteiger partial charge in [0.1, 0.15) is 11.5 Å². The maximum Gasteiger partial charge on any atom is 0.330 e. The fraction of sp³-hybridized carbons (Fsp3) is 0.412. The van der Waals surface area contributed by atoms with Crippen LogP contribution in [0.4, 0.5) is 11.5 Å². The summed E-state index contributed by atoms with van der Waals surface area (Å²) < 4.78 is 1.40. The monoisotopic (exact) mass is 346 g/mol. The van der Waals surface area contributed by atoms with Gasteiger partial charge in [-0.05, 0) is 31.1 Å². The number of nitrogens with one attached hydrogen (secondary N) is 2. The lowest BCUT2D eigenvalue weighted by atomic mass is 10.2. The molecule has 2 atom stereocenters. The second-order valence-corrected chi connectivity index (χ2v) is 7.24. The van der Waals surface area contributed by atoms with Crippen LogP contribution < -0.4 is 22.3 Å². The van der Waals surface area contributed by atoms with Gasteiger partial charge in [-0.2, -0.15) is 11.8 Å². The number of rotatable bonds is 5. The fourth-order valence-corrected chi connectivity index (χ4v) is 3.94. The van der Waals surface area contributed by atoms with Gasteiger partial charge in [-0.25, -0.2) is 4.79 Å². The molecular weight excluding hydrogens is 324 g/mol. The first-order valence-corrected chi connectivity index (χ1v) is 9.33. The zero-order chi connectivity index (χ0) is 17.1. The highest BCUT2D eigenvalue weighted by atomic mass is 32.2. The second kappa shape index (κ2) is 7.17. The molecule has 1 aliphatic rings. The first-order valence-electron chi connectivity index (χ1n) is 8.04. The third kappa shape index (κ3) is 3.51. The molecule has 1 aromatic carbocycles. The van der Waals surface area contributed by atoms with Gasteiger partial charge in [0.25, 0.3) is 5.56 Å². The van der Waals surface area contributed by atoms with E-state index < -0.39 is 11.2 Å². The molecule has 4 N–H and O–H groups in total. The number of hydrogen-bond donors (Lipinski definition) is 3. The highest BCUT2D eigenvalue weighted by Crippen LogP contribution is 2.30. The van der Waals surface area contributed by atoms with Crippen molar-refractivity contribution in [2.75, 3.05) is 17.3 Å². The van der Waals surface area contributed by atoms with E-state index in [4.69, 9.17) is 5.73 Å². The van der Waals surface area contributed by atoms with Crippen LogP contribution in [-0.2, 0) is 6.54 Å². The van der Waals surface area contributed by atoms with Gasteiger partial charge in [-0.1, -0.05) is 30.3 Å². The van der Waals surface area contributed by atoms with Gasteiger partial charge in [0.15, 0.2) is 0 Å². The average Bonchev–Trinajstić information content (AvgIpc) is 3.04. The molecule has 0 amide bonds. The summed E-state index contributed by atoms with van der Waals surface area (Å²) in [6, 6.07) is 9.78. The quantitative estimate of drug-likeness (QED) is 0.768. The van der Waals surface area contributed by atoms with Crippen LogP contribution in [0.1, 0.15) is 24.8 Å². The number of thioether (sulfide) groups is 1. The Hall–Kier alpha value is -2.15. The van der Waals surface area contributed by atoms with Gasteiger partial charge in [0.2, 0.25) is 0 Å². The van der Waals surface area contributed by atoms with E-state index in [9.17, 15) is 9.59 Å². The van der Waals surface area contributed by atoms with E-state index in [1.807, 2.05) is 42.1 Å². The molecule has 1 heterocycles. The number of nitrogen functional groups attached to an aromatic ring is 1. The van der Waals surface area contributed by atoms with Crippen LogP contribution in [-0.4, -0.2) is 27.1 Å². The lowest BCUT2D eigenvalue weighted by molar-refractivity contribution is 0.717. The van der Waals surface area contributed by atoms with Crippen molar-refractivity contribution in [2.45, 2.75) is 37.1 Å². The minimum Gasteiger partial charge on any atom is -0.383 e. The van der Waals surface area contributed by atoms with Crippen LogP contribution in [0.2, 0.25) is 0 Å². The number of nitrogens with two attached hydrogens (primary N) is 1. The van der Waals surface area contributed by atoms with Crippen molar-refractivity contribution in [3.63, 3.8) is 0 Å². The molecule has 1 aromatic heterocycles. The molecule has 0 aliphatic heterocycles. The van der Waals surface area contributed by atoms with E-state index in [-0.39, 0.29) is 11.9 Å². The normalized spacial score (nSPS) is 20.2. The van der Waals surface area contributed by atoms with Crippen LogP contribution >= 0.6 is 11.8 Å². The summed E-state index contributed by atoms with van der Waals surface area (Å²) in [4.78, 5) is 26.7. The Labute approximate surface area is 144 Å². The van der Waals surface area contributed by atoms with Crippen molar-refractivity contribution in [1.29, 1.82) is 0 Å². The third-order valence-electron chi connectivity index (χ3n) is 4.49. The molecular formula is C17H22N4O2S. The molecule has 1 saturated carbocycles. The van der Waals surface area contributed by atoms with Crippen molar-refractivity contribution in [3.8, 4) is 0 Å². The van der Waals surface area contributed by atoms with E-state index in [1.54, 1.807) is 0 Å². The highest BCUT2D eigenvalue weighted by molar-refractivity contribution is 7.99. The standard InChI is InChI=1S/C17H22N4O2S/c1-24-13-8-7-12(9-13)19-14-15(18)21(17(23)20-16(14)22)10-11-5-3-2-4-6-11/h2-6,12-13,19H,7-10,18H2,1H3,(H,20,22,23). The number of hydrogen-bond acceptors (Lipinski definition) is 5. The number of aromatic nitrogens is 2. The van der Waals surface area contributed by atoms with Crippen LogP contribution in [0.5, 0.6) is 0 Å². The summed E-state index contributed by atoms with van der Waals surface area (Å²) in [5.74, 6) is 0.195. The van der Waals surface area contributed by atoms with E-state index in [2.05, 4.69) is 16.6 Å². The molecule has 24 heavy (non-hydrogen) atoms. The van der Waals surface area contributed by atoms with Crippen LogP contribution in [0.15, 0.2) is 39.9 Å². The predicted octanol–water partition coefficient (Wildman–Crippen LogP) is 1.86. The van der Waals surface area contributed by atoms with Crippen molar-refractivity contribution >= 4 is 23.3 Å². The van der Waals surface area contributed by atoms with Gasteiger partial charge in [-0.15, -0.1) is 0 Å². The Bertz CT molecular complexity index is 816. The predicted molar refractivity (Wildman–Crippen MR) is 99.8 cm³/mol. The second-order valence-electron chi connectivity index (χ2n) is 6.10. The van der Waals surface area contributed by atoms with Crippen LogP contribution in [0.3, 0.4) is 0 Å². The first kappa shape index (κ1) is 16.7. The molecule has 128 valence electrons. The van der Waals surface area contributed by atoms with Crippen LogP contribution in [0, 0.1) is 0 Å². The topological polar surface area (TPSA) is 92.9 Å². The van der Waals surface area contributed by atoms with E-state index in [0.717, 1.165) is 24.8 Å². The smallest absolute Gasteiger partial charge is 0.330 e. The Morgan fingerprint density at radius 3 is 2.71 bits per heavy atom. The molecule has 0 radical (unpaired) electrons. The molecule has 0 bridgehead atoms. The zero-order valence-electron chi connectivity index (χ0n) is 13.6. The molecule has 0 spiro atoms. The summed E-state index contributed by atoms with van der Waals surface area (Å²) in [5, 5.41) is 3.86. The Morgan fingerprint density at radius 1 is 1.29 bits per heavy atom. The molecule has 1 fully saturated rings. The number of anilines is 2. The molecule has 2 aromatic rings. The minimum atomic E-state index is -0.486. The Morgan fingerprint density at radius 2 is 2.04 bits per heavy atom. The average molecular weight is 346 g/mol. The van der Waals surface area contributed by atoms with Crippen molar-refractivity contribution in [1.82, 2.24) is 9.55 Å². The number of benzene rings is 1. The maximum absolute atomic E-state index is 12.2.